The first kappa shape index (κ1) is 25.8. The van der Waals surface area contributed by atoms with Gasteiger partial charge in [-0.2, -0.15) is 0 Å². The van der Waals surface area contributed by atoms with E-state index in [-0.39, 0.29) is 18.4 Å². The van der Waals surface area contributed by atoms with E-state index in [1.165, 1.54) is 18.0 Å². The van der Waals surface area contributed by atoms with Crippen LogP contribution in [0, 0.1) is 6.92 Å². The van der Waals surface area contributed by atoms with Gasteiger partial charge in [-0.3, -0.25) is 9.59 Å². The molecule has 0 unspecified atom stereocenters. The number of ether oxygens (including phenoxy) is 1. The number of benzene rings is 2. The Kier molecular flexibility index (Phi) is 9.40. The van der Waals surface area contributed by atoms with Crippen molar-refractivity contribution in [1.82, 2.24) is 20.2 Å². The first-order valence-corrected chi connectivity index (χ1v) is 13.3. The molecule has 0 bridgehead atoms. The summed E-state index contributed by atoms with van der Waals surface area (Å²) >= 11 is 1.29. The number of amides is 2. The molecule has 0 atom stereocenters. The fourth-order valence-electron chi connectivity index (χ4n) is 4.20. The number of hydrogen-bond acceptors (Lipinski definition) is 7. The molecule has 2 heterocycles. The van der Waals surface area contributed by atoms with E-state index in [2.05, 4.69) is 20.2 Å². The summed E-state index contributed by atoms with van der Waals surface area (Å²) in [6.45, 7) is 4.33. The Balaban J connectivity index is 1.53. The predicted octanol–water partition coefficient (Wildman–Crippen LogP) is 4.24. The molecule has 190 valence electrons. The molecule has 0 radical (unpaired) electrons. The number of nitrogens with one attached hydrogen (secondary N) is 2. The van der Waals surface area contributed by atoms with Crippen molar-refractivity contribution in [3.8, 4) is 5.75 Å². The van der Waals surface area contributed by atoms with Crippen LogP contribution in [0.2, 0.25) is 0 Å². The highest BCUT2D eigenvalue weighted by Crippen LogP contribution is 2.25. The van der Waals surface area contributed by atoms with E-state index >= 15 is 0 Å². The number of para-hydroxylation sites is 1. The molecule has 3 aromatic rings. The van der Waals surface area contributed by atoms with Crippen LogP contribution in [0.15, 0.2) is 48.5 Å². The molecule has 4 rings (SSSR count). The molecular weight excluding hydrogens is 474 g/mol. The van der Waals surface area contributed by atoms with Crippen LogP contribution in [0.4, 0.5) is 5.69 Å². The highest BCUT2D eigenvalue weighted by Gasteiger charge is 2.21. The molecule has 0 fully saturated rings. The van der Waals surface area contributed by atoms with E-state index in [1.807, 2.05) is 54.3 Å². The van der Waals surface area contributed by atoms with Crippen molar-refractivity contribution in [2.45, 2.75) is 52.1 Å². The van der Waals surface area contributed by atoms with Gasteiger partial charge in [0.05, 0.1) is 17.1 Å². The SMILES string of the molecule is Cc1nnsc1CNC(=O)c1ccc2c(c1)CNCCCCCCCN2C(=O)COc1ccccc1. The molecule has 1 aliphatic heterocycles. The predicted molar refractivity (Wildman–Crippen MR) is 141 cm³/mol. The largest absolute Gasteiger partial charge is 0.484 e. The van der Waals surface area contributed by atoms with Gasteiger partial charge in [0.15, 0.2) is 6.61 Å². The van der Waals surface area contributed by atoms with Gasteiger partial charge in [-0.1, -0.05) is 41.9 Å². The Morgan fingerprint density at radius 3 is 2.69 bits per heavy atom. The molecule has 2 aromatic carbocycles. The van der Waals surface area contributed by atoms with E-state index in [1.54, 1.807) is 6.07 Å². The molecule has 0 aliphatic carbocycles. The van der Waals surface area contributed by atoms with Gasteiger partial charge in [-0.25, -0.2) is 0 Å². The van der Waals surface area contributed by atoms with Gasteiger partial charge in [0.2, 0.25) is 0 Å². The summed E-state index contributed by atoms with van der Waals surface area (Å²) in [4.78, 5) is 29.0. The Labute approximate surface area is 216 Å². The highest BCUT2D eigenvalue weighted by atomic mass is 32.1. The summed E-state index contributed by atoms with van der Waals surface area (Å²) in [5.41, 5.74) is 3.13. The monoisotopic (exact) mass is 507 g/mol. The molecule has 8 nitrogen and oxygen atoms in total. The minimum Gasteiger partial charge on any atom is -0.484 e. The zero-order valence-corrected chi connectivity index (χ0v) is 21.5. The molecule has 2 amide bonds. The first-order chi connectivity index (χ1) is 17.6. The highest BCUT2D eigenvalue weighted by molar-refractivity contribution is 7.05. The lowest BCUT2D eigenvalue weighted by Gasteiger charge is -2.26. The van der Waals surface area contributed by atoms with Gasteiger partial charge in [0, 0.05) is 24.3 Å². The average Bonchev–Trinajstić information content (AvgIpc) is 3.31. The van der Waals surface area contributed by atoms with Gasteiger partial charge in [-0.05, 0) is 73.7 Å². The van der Waals surface area contributed by atoms with Crippen LogP contribution in [0.3, 0.4) is 0 Å². The second-order valence-electron chi connectivity index (χ2n) is 8.90. The van der Waals surface area contributed by atoms with Crippen LogP contribution in [0.5, 0.6) is 5.75 Å². The van der Waals surface area contributed by atoms with Crippen molar-refractivity contribution in [3.63, 3.8) is 0 Å². The molecule has 9 heteroatoms. The summed E-state index contributed by atoms with van der Waals surface area (Å²) < 4.78 is 9.69. The molecule has 0 spiro atoms. The van der Waals surface area contributed by atoms with E-state index in [0.29, 0.717) is 30.9 Å². The molecule has 1 aromatic heterocycles. The summed E-state index contributed by atoms with van der Waals surface area (Å²) in [6.07, 6.45) is 5.44. The number of carbonyl (C=O) groups is 2. The Bertz CT molecular complexity index is 1150. The van der Waals surface area contributed by atoms with Crippen LogP contribution >= 0.6 is 11.5 Å². The smallest absolute Gasteiger partial charge is 0.264 e. The maximum Gasteiger partial charge on any atom is 0.264 e. The minimum absolute atomic E-state index is 0.0403. The number of anilines is 1. The van der Waals surface area contributed by atoms with Crippen LogP contribution < -0.4 is 20.3 Å². The Morgan fingerprint density at radius 1 is 1.08 bits per heavy atom. The summed E-state index contributed by atoms with van der Waals surface area (Å²) in [5.74, 6) is 0.407. The second-order valence-corrected chi connectivity index (χ2v) is 9.74. The van der Waals surface area contributed by atoms with Crippen molar-refractivity contribution in [2.24, 2.45) is 0 Å². The zero-order valence-electron chi connectivity index (χ0n) is 20.7. The average molecular weight is 508 g/mol. The molecule has 1 aliphatic rings. The van der Waals surface area contributed by atoms with E-state index in [9.17, 15) is 9.59 Å². The number of aromatic nitrogens is 2. The summed E-state index contributed by atoms with van der Waals surface area (Å²) in [7, 11) is 0. The van der Waals surface area contributed by atoms with Crippen molar-refractivity contribution < 1.29 is 14.3 Å². The molecule has 2 N–H and O–H groups in total. The van der Waals surface area contributed by atoms with Crippen molar-refractivity contribution in [3.05, 3.63) is 70.2 Å². The topological polar surface area (TPSA) is 96.5 Å². The van der Waals surface area contributed by atoms with Crippen LogP contribution in [-0.2, 0) is 17.9 Å². The minimum atomic E-state index is -0.165. The van der Waals surface area contributed by atoms with Gasteiger partial charge in [0.25, 0.3) is 11.8 Å². The van der Waals surface area contributed by atoms with Gasteiger partial charge in [-0.15, -0.1) is 5.10 Å². The lowest BCUT2D eigenvalue weighted by Crippen LogP contribution is -2.37. The van der Waals surface area contributed by atoms with E-state index < -0.39 is 0 Å². The fraction of sp³-hybridized carbons (Fsp3) is 0.407. The third-order valence-corrected chi connectivity index (χ3v) is 7.07. The summed E-state index contributed by atoms with van der Waals surface area (Å²) in [6, 6.07) is 14.9. The molecular formula is C27H33N5O3S. The maximum atomic E-state index is 13.3. The molecule has 36 heavy (non-hydrogen) atoms. The lowest BCUT2D eigenvalue weighted by molar-refractivity contribution is -0.120. The van der Waals surface area contributed by atoms with Crippen molar-refractivity contribution in [2.75, 3.05) is 24.6 Å². The normalized spacial score (nSPS) is 14.8. The van der Waals surface area contributed by atoms with Gasteiger partial charge >= 0.3 is 0 Å². The maximum absolute atomic E-state index is 13.3. The van der Waals surface area contributed by atoms with Crippen LogP contribution in [0.1, 0.15) is 58.6 Å². The van der Waals surface area contributed by atoms with Crippen LogP contribution in [-0.4, -0.2) is 41.1 Å². The lowest BCUT2D eigenvalue weighted by atomic mass is 10.0. The number of carbonyl (C=O) groups excluding carboxylic acids is 2. The number of nitrogens with zero attached hydrogens (tertiary/aromatic N) is 3. The molecule has 0 saturated carbocycles. The number of rotatable bonds is 6. The summed E-state index contributed by atoms with van der Waals surface area (Å²) in [5, 5.41) is 10.4. The Morgan fingerprint density at radius 2 is 1.89 bits per heavy atom. The molecule has 0 saturated heterocycles. The van der Waals surface area contributed by atoms with Gasteiger partial charge < -0.3 is 20.3 Å². The van der Waals surface area contributed by atoms with E-state index in [0.717, 1.165) is 54.0 Å². The quantitative estimate of drug-likeness (QED) is 0.518. The number of hydrogen-bond donors (Lipinski definition) is 2. The van der Waals surface area contributed by atoms with Crippen molar-refractivity contribution in [1.29, 1.82) is 0 Å². The Hall–Kier alpha value is -3.30. The van der Waals surface area contributed by atoms with E-state index in [4.69, 9.17) is 4.74 Å². The zero-order chi connectivity index (χ0) is 25.2. The second kappa shape index (κ2) is 13.1. The van der Waals surface area contributed by atoms with Gasteiger partial charge in [0.1, 0.15) is 5.75 Å². The third-order valence-electron chi connectivity index (χ3n) is 6.24. The third kappa shape index (κ3) is 7.11. The first-order valence-electron chi connectivity index (χ1n) is 12.5. The van der Waals surface area contributed by atoms with Crippen LogP contribution in [0.25, 0.3) is 0 Å². The fourth-order valence-corrected chi connectivity index (χ4v) is 4.77. The number of fused-ring (bicyclic) bond motifs is 1. The standard InChI is InChI=1S/C27H33N5O3S/c1-20-25(36-31-30-20)18-29-27(34)21-12-13-24-22(16-21)17-28-14-8-3-2-4-9-15-32(24)26(33)19-35-23-10-6-5-7-11-23/h5-7,10-13,16,28H,2-4,8-9,14-15,17-19H2,1H3,(H,29,34). The van der Waals surface area contributed by atoms with Crippen molar-refractivity contribution >= 4 is 29.0 Å². The number of aryl methyl sites for hydroxylation is 1.